The second-order valence-electron chi connectivity index (χ2n) is 3.99. The number of aromatic nitrogens is 1. The number of nitrogens with zero attached hydrogens (tertiary/aromatic N) is 4. The Balaban J connectivity index is 3.05. The van der Waals surface area contributed by atoms with Crippen LogP contribution in [0.25, 0.3) is 0 Å². The number of hydrogen-bond donors (Lipinski definition) is 0. The van der Waals surface area contributed by atoms with Crippen molar-refractivity contribution in [3.8, 4) is 0 Å². The molecular weight excluding hydrogens is 256 g/mol. The van der Waals surface area contributed by atoms with Crippen LogP contribution in [-0.4, -0.2) is 46.9 Å². The molecule has 0 N–H and O–H groups in total. The third-order valence-electron chi connectivity index (χ3n) is 2.20. The Labute approximate surface area is 107 Å². The molecule has 0 fully saturated rings. The Morgan fingerprint density at radius 3 is 2.11 bits per heavy atom. The Morgan fingerprint density at radius 2 is 1.72 bits per heavy atom. The molecule has 1 rings (SSSR count). The minimum absolute atomic E-state index is 0.853. The van der Waals surface area contributed by atoms with E-state index < -0.39 is 16.2 Å². The fourth-order valence-electron chi connectivity index (χ4n) is 1.07. The van der Waals surface area contributed by atoms with Crippen molar-refractivity contribution in [3.63, 3.8) is 0 Å². The number of hydrogen-bond acceptors (Lipinski definition) is 4. The van der Waals surface area contributed by atoms with Gasteiger partial charge < -0.3 is 10.0 Å². The van der Waals surface area contributed by atoms with Crippen molar-refractivity contribution in [2.45, 2.75) is 0 Å². The van der Waals surface area contributed by atoms with Crippen LogP contribution in [0.5, 0.6) is 0 Å². The van der Waals surface area contributed by atoms with E-state index in [1.807, 2.05) is 19.0 Å². The van der Waals surface area contributed by atoms with E-state index in [-0.39, 0.29) is 0 Å². The van der Waals surface area contributed by atoms with Gasteiger partial charge in [0, 0.05) is 46.0 Å². The topological polar surface area (TPSA) is 79.9 Å². The van der Waals surface area contributed by atoms with E-state index >= 15 is 0 Å². The van der Waals surface area contributed by atoms with Gasteiger partial charge in [-0.05, 0) is 0 Å². The summed E-state index contributed by atoms with van der Waals surface area (Å²) in [7, 11) is 2.46. The van der Waals surface area contributed by atoms with Crippen molar-refractivity contribution < 1.29 is 18.1 Å². The fourth-order valence-corrected chi connectivity index (χ4v) is 1.53. The molecule has 0 aliphatic heterocycles. The van der Waals surface area contributed by atoms with Crippen molar-refractivity contribution in [3.05, 3.63) is 24.5 Å². The highest BCUT2D eigenvalue weighted by Gasteiger charge is 2.19. The van der Waals surface area contributed by atoms with E-state index in [0.29, 0.717) is 0 Å². The first-order valence-electron chi connectivity index (χ1n) is 5.12. The monoisotopic (exact) mass is 272 g/mol. The maximum Gasteiger partial charge on any atom is 0.413 e. The summed E-state index contributed by atoms with van der Waals surface area (Å²) in [4.78, 5) is 1.86. The van der Waals surface area contributed by atoms with E-state index in [2.05, 4.69) is 4.40 Å². The lowest BCUT2D eigenvalue weighted by Gasteiger charge is -2.12. The van der Waals surface area contributed by atoms with E-state index in [1.165, 1.54) is 26.5 Å². The van der Waals surface area contributed by atoms with E-state index in [0.717, 1.165) is 14.6 Å². The molecule has 18 heavy (non-hydrogen) atoms. The van der Waals surface area contributed by atoms with E-state index in [9.17, 15) is 13.5 Å². The van der Waals surface area contributed by atoms with Gasteiger partial charge >= 0.3 is 10.2 Å². The molecule has 0 spiro atoms. The van der Waals surface area contributed by atoms with Gasteiger partial charge in [-0.2, -0.15) is 12.7 Å². The smallest absolute Gasteiger partial charge is 0.413 e. The number of rotatable bonds is 3. The highest BCUT2D eigenvalue weighted by atomic mass is 32.2. The molecule has 0 bridgehead atoms. The van der Waals surface area contributed by atoms with Crippen molar-refractivity contribution in [1.82, 2.24) is 4.31 Å². The summed E-state index contributed by atoms with van der Waals surface area (Å²) in [5.74, 6) is 0. The second-order valence-corrected chi connectivity index (χ2v) is 5.80. The van der Waals surface area contributed by atoms with Crippen molar-refractivity contribution in [2.75, 3.05) is 33.1 Å². The van der Waals surface area contributed by atoms with E-state index in [4.69, 9.17) is 0 Å². The Hall–Kier alpha value is -1.67. The summed E-state index contributed by atoms with van der Waals surface area (Å²) < 4.78 is 28.0. The van der Waals surface area contributed by atoms with Crippen LogP contribution >= 0.6 is 0 Å². The van der Waals surface area contributed by atoms with Gasteiger partial charge in [-0.3, -0.25) is 0 Å². The zero-order valence-electron chi connectivity index (χ0n) is 10.7. The summed E-state index contributed by atoms with van der Waals surface area (Å²) in [6, 6.07) is 2.53. The SMILES string of the molecule is CN(C)c1cc[n+](C([O-])=NS(=O)(=O)N(C)C)cc1. The third-order valence-corrected chi connectivity index (χ3v) is 3.51. The molecule has 0 amide bonds. The molecule has 0 saturated carbocycles. The van der Waals surface area contributed by atoms with E-state index in [1.54, 1.807) is 12.1 Å². The molecule has 7 nitrogen and oxygen atoms in total. The molecule has 1 heterocycles. The molecule has 0 unspecified atom stereocenters. The standard InChI is InChI=1S/C10H16N4O3S/c1-12(2)9-5-7-14(8-6-9)10(15)11-18(16,17)13(3)4/h5-8H,1-4H3. The molecule has 0 aliphatic rings. The lowest BCUT2D eigenvalue weighted by Crippen LogP contribution is -2.51. The Kier molecular flexibility index (Phi) is 4.25. The predicted molar refractivity (Wildman–Crippen MR) is 66.4 cm³/mol. The summed E-state index contributed by atoms with van der Waals surface area (Å²) in [5, 5.41) is 11.6. The summed E-state index contributed by atoms with van der Waals surface area (Å²) in [6.07, 6.45) is 2.93. The summed E-state index contributed by atoms with van der Waals surface area (Å²) in [5.41, 5.74) is 0.898. The van der Waals surface area contributed by atoms with Gasteiger partial charge in [0.1, 0.15) is 0 Å². The summed E-state index contributed by atoms with van der Waals surface area (Å²) >= 11 is 0. The fraction of sp³-hybridized carbons (Fsp3) is 0.400. The van der Waals surface area contributed by atoms with Crippen LogP contribution < -0.4 is 14.6 Å². The van der Waals surface area contributed by atoms with Crippen LogP contribution in [0.15, 0.2) is 28.9 Å². The van der Waals surface area contributed by atoms with Crippen molar-refractivity contribution >= 4 is 21.9 Å². The van der Waals surface area contributed by atoms with Crippen LogP contribution in [0.3, 0.4) is 0 Å². The lowest BCUT2D eigenvalue weighted by atomic mass is 10.4. The summed E-state index contributed by atoms with van der Waals surface area (Å²) in [6.45, 7) is 0. The molecule has 0 radical (unpaired) electrons. The van der Waals surface area contributed by atoms with Gasteiger partial charge in [0.25, 0.3) is 6.02 Å². The van der Waals surface area contributed by atoms with Crippen LogP contribution in [0.1, 0.15) is 0 Å². The zero-order valence-corrected chi connectivity index (χ0v) is 11.5. The molecule has 1 aromatic rings. The zero-order chi connectivity index (χ0) is 13.9. The minimum Gasteiger partial charge on any atom is -0.806 e. The normalized spacial score (nSPS) is 12.8. The Morgan fingerprint density at radius 1 is 1.22 bits per heavy atom. The minimum atomic E-state index is -3.89. The maximum atomic E-state index is 11.6. The van der Waals surface area contributed by atoms with Crippen LogP contribution in [0.4, 0.5) is 5.69 Å². The first kappa shape index (κ1) is 14.4. The van der Waals surface area contributed by atoms with Crippen molar-refractivity contribution in [2.24, 2.45) is 4.40 Å². The van der Waals surface area contributed by atoms with Gasteiger partial charge in [0.2, 0.25) is 0 Å². The molecule has 0 aliphatic carbocycles. The largest absolute Gasteiger partial charge is 0.806 e. The van der Waals surface area contributed by atoms with Crippen LogP contribution in [-0.2, 0) is 10.2 Å². The quantitative estimate of drug-likeness (QED) is 0.377. The second kappa shape index (κ2) is 5.32. The molecular formula is C10H16N4O3S. The van der Waals surface area contributed by atoms with Gasteiger partial charge in [-0.1, -0.05) is 0 Å². The lowest BCUT2D eigenvalue weighted by molar-refractivity contribution is -0.613. The first-order valence-corrected chi connectivity index (χ1v) is 6.52. The average Bonchev–Trinajstić information content (AvgIpc) is 2.28. The first-order chi connectivity index (χ1) is 8.24. The molecule has 0 aromatic carbocycles. The maximum absolute atomic E-state index is 11.6. The number of anilines is 1. The number of pyridine rings is 1. The molecule has 0 saturated heterocycles. The highest BCUT2D eigenvalue weighted by Crippen LogP contribution is 2.05. The third kappa shape index (κ3) is 3.41. The molecule has 100 valence electrons. The Bertz CT molecular complexity index is 535. The van der Waals surface area contributed by atoms with Crippen LogP contribution in [0.2, 0.25) is 0 Å². The molecule has 8 heteroatoms. The average molecular weight is 272 g/mol. The van der Waals surface area contributed by atoms with Gasteiger partial charge in [-0.15, -0.1) is 0 Å². The van der Waals surface area contributed by atoms with Crippen molar-refractivity contribution in [1.29, 1.82) is 0 Å². The molecule has 0 atom stereocenters. The highest BCUT2D eigenvalue weighted by molar-refractivity contribution is 7.87. The van der Waals surface area contributed by atoms with Gasteiger partial charge in [-0.25, -0.2) is 4.57 Å². The van der Waals surface area contributed by atoms with Gasteiger partial charge in [0.15, 0.2) is 0 Å². The predicted octanol–water partition coefficient (Wildman–Crippen LogP) is -1.59. The van der Waals surface area contributed by atoms with Crippen LogP contribution in [0, 0.1) is 0 Å². The van der Waals surface area contributed by atoms with Gasteiger partial charge in [0.05, 0.1) is 16.8 Å². The molecule has 1 aromatic heterocycles.